The van der Waals surface area contributed by atoms with Crippen LogP contribution in [0.15, 0.2) is 47.4 Å². The highest BCUT2D eigenvalue weighted by atomic mass is 35.5. The molecular weight excluding hydrogens is 310 g/mol. The lowest BCUT2D eigenvalue weighted by atomic mass is 10.0. The van der Waals surface area contributed by atoms with Gasteiger partial charge >= 0.3 is 0 Å². The molecule has 0 bridgehead atoms. The van der Waals surface area contributed by atoms with E-state index in [2.05, 4.69) is 10.1 Å². The largest absolute Gasteiger partial charge is 0.268 e. The molecule has 1 saturated carbocycles. The minimum absolute atomic E-state index is 0.168. The first kappa shape index (κ1) is 15.8. The number of H-pyrrole nitrogens is 1. The number of nitrogens with one attached hydrogen (secondary N) is 1. The molecule has 0 spiro atoms. The number of fused-ring (bicyclic) bond motifs is 1. The Morgan fingerprint density at radius 2 is 1.70 bits per heavy atom. The quantitative estimate of drug-likeness (QED) is 0.704. The van der Waals surface area contributed by atoms with E-state index in [9.17, 15) is 4.79 Å². The van der Waals surface area contributed by atoms with E-state index in [0.717, 1.165) is 11.3 Å². The lowest BCUT2D eigenvalue weighted by Crippen LogP contribution is -2.09. The molecular formula is C18H20ClN3O. The summed E-state index contributed by atoms with van der Waals surface area (Å²) in [5.41, 5.74) is 2.24. The van der Waals surface area contributed by atoms with Crippen LogP contribution in [-0.2, 0) is 0 Å². The zero-order valence-corrected chi connectivity index (χ0v) is 13.7. The molecule has 120 valence electrons. The molecule has 4 nitrogen and oxygen atoms in total. The zero-order valence-electron chi connectivity index (χ0n) is 13.0. The minimum Gasteiger partial charge on any atom is -0.268 e. The fourth-order valence-electron chi connectivity index (χ4n) is 2.81. The van der Waals surface area contributed by atoms with Crippen molar-refractivity contribution in [2.75, 3.05) is 0 Å². The van der Waals surface area contributed by atoms with Crippen LogP contribution in [-0.4, -0.2) is 14.6 Å². The van der Waals surface area contributed by atoms with Crippen molar-refractivity contribution in [2.24, 2.45) is 0 Å². The van der Waals surface area contributed by atoms with Crippen LogP contribution in [0.4, 0.5) is 0 Å². The predicted octanol–water partition coefficient (Wildman–Crippen LogP) is 4.68. The molecule has 0 unspecified atom stereocenters. The van der Waals surface area contributed by atoms with E-state index in [-0.39, 0.29) is 5.56 Å². The summed E-state index contributed by atoms with van der Waals surface area (Å²) >= 11 is 5.94. The summed E-state index contributed by atoms with van der Waals surface area (Å²) in [6.45, 7) is 0. The predicted molar refractivity (Wildman–Crippen MR) is 94.0 cm³/mol. The van der Waals surface area contributed by atoms with Gasteiger partial charge in [-0.15, -0.1) is 0 Å². The first-order valence-corrected chi connectivity index (χ1v) is 8.44. The number of rotatable bonds is 1. The first-order chi connectivity index (χ1) is 11.2. The highest BCUT2D eigenvalue weighted by Crippen LogP contribution is 2.22. The Hall–Kier alpha value is -2.07. The van der Waals surface area contributed by atoms with Gasteiger partial charge in [0.05, 0.1) is 11.9 Å². The average Bonchev–Trinajstić information content (AvgIpc) is 3.00. The van der Waals surface area contributed by atoms with Crippen molar-refractivity contribution in [3.63, 3.8) is 0 Å². The standard InChI is InChI=1S/C12H8ClN3O.C6H12/c13-9-3-1-2-8(6-9)10-7-14-11-4-5-12(17)15-16(10)11;1-2-4-6-5-3-1/h1-7H,(H,15,17);1-6H2. The third kappa shape index (κ3) is 4.02. The maximum absolute atomic E-state index is 11.3. The highest BCUT2D eigenvalue weighted by molar-refractivity contribution is 6.30. The molecule has 1 N–H and O–H groups in total. The van der Waals surface area contributed by atoms with Gasteiger partial charge in [0, 0.05) is 16.7 Å². The van der Waals surface area contributed by atoms with Crippen LogP contribution in [0.2, 0.25) is 5.02 Å². The maximum Gasteiger partial charge on any atom is 0.263 e. The molecule has 1 fully saturated rings. The third-order valence-electron chi connectivity index (χ3n) is 4.02. The van der Waals surface area contributed by atoms with Gasteiger partial charge < -0.3 is 0 Å². The van der Waals surface area contributed by atoms with E-state index in [1.54, 1.807) is 22.8 Å². The third-order valence-corrected chi connectivity index (χ3v) is 4.25. The summed E-state index contributed by atoms with van der Waals surface area (Å²) in [6, 6.07) is 10.5. The molecule has 2 aromatic heterocycles. The van der Waals surface area contributed by atoms with Gasteiger partial charge in [-0.25, -0.2) is 9.50 Å². The van der Waals surface area contributed by atoms with Gasteiger partial charge in [-0.1, -0.05) is 62.3 Å². The molecule has 5 heteroatoms. The summed E-state index contributed by atoms with van der Waals surface area (Å²) in [6.07, 6.45) is 10.7. The van der Waals surface area contributed by atoms with Crippen LogP contribution in [0.3, 0.4) is 0 Å². The molecule has 4 rings (SSSR count). The molecule has 0 atom stereocenters. The lowest BCUT2D eigenvalue weighted by molar-refractivity contribution is 0.504. The van der Waals surface area contributed by atoms with Gasteiger partial charge in [-0.3, -0.25) is 9.89 Å². The number of hydrogen-bond acceptors (Lipinski definition) is 2. The molecule has 3 aromatic rings. The topological polar surface area (TPSA) is 50.2 Å². The van der Waals surface area contributed by atoms with Gasteiger partial charge in [0.2, 0.25) is 0 Å². The summed E-state index contributed by atoms with van der Waals surface area (Å²) in [4.78, 5) is 15.5. The maximum atomic E-state index is 11.3. The average molecular weight is 330 g/mol. The van der Waals surface area contributed by atoms with Crippen LogP contribution in [0.1, 0.15) is 38.5 Å². The second kappa shape index (κ2) is 7.47. The summed E-state index contributed by atoms with van der Waals surface area (Å²) < 4.78 is 1.65. The van der Waals surface area contributed by atoms with E-state index in [1.165, 1.54) is 44.6 Å². The van der Waals surface area contributed by atoms with Crippen molar-refractivity contribution < 1.29 is 0 Å². The summed E-state index contributed by atoms with van der Waals surface area (Å²) in [7, 11) is 0. The van der Waals surface area contributed by atoms with Crippen LogP contribution >= 0.6 is 11.6 Å². The Morgan fingerprint density at radius 1 is 1.00 bits per heavy atom. The molecule has 0 aliphatic heterocycles. The van der Waals surface area contributed by atoms with Crippen LogP contribution in [0.5, 0.6) is 0 Å². The second-order valence-corrected chi connectivity index (χ2v) is 6.21. The summed E-state index contributed by atoms with van der Waals surface area (Å²) in [5, 5.41) is 3.36. The SMILES string of the molecule is C1CCCCC1.O=c1ccc2ncc(-c3cccc(Cl)c3)n2[nH]1. The van der Waals surface area contributed by atoms with E-state index in [1.807, 2.05) is 18.2 Å². The number of nitrogens with zero attached hydrogens (tertiary/aromatic N) is 2. The molecule has 23 heavy (non-hydrogen) atoms. The van der Waals surface area contributed by atoms with Crippen LogP contribution < -0.4 is 5.56 Å². The van der Waals surface area contributed by atoms with Crippen molar-refractivity contribution in [3.05, 3.63) is 58.0 Å². The Labute approximate surface area is 140 Å². The number of hydrogen-bond donors (Lipinski definition) is 1. The highest BCUT2D eigenvalue weighted by Gasteiger charge is 2.06. The Balaban J connectivity index is 0.000000220. The van der Waals surface area contributed by atoms with Crippen molar-refractivity contribution in [1.82, 2.24) is 14.6 Å². The van der Waals surface area contributed by atoms with Gasteiger partial charge in [0.1, 0.15) is 0 Å². The van der Waals surface area contributed by atoms with Gasteiger partial charge in [-0.2, -0.15) is 0 Å². The van der Waals surface area contributed by atoms with E-state index < -0.39 is 0 Å². The zero-order chi connectivity index (χ0) is 16.1. The van der Waals surface area contributed by atoms with E-state index in [0.29, 0.717) is 10.7 Å². The van der Waals surface area contributed by atoms with Crippen molar-refractivity contribution >= 4 is 17.2 Å². The molecule has 2 heterocycles. The molecule has 1 aromatic carbocycles. The van der Waals surface area contributed by atoms with Crippen molar-refractivity contribution in [1.29, 1.82) is 0 Å². The first-order valence-electron chi connectivity index (χ1n) is 8.07. The lowest BCUT2D eigenvalue weighted by Gasteiger charge is -2.05. The number of imidazole rings is 1. The summed E-state index contributed by atoms with van der Waals surface area (Å²) in [5.74, 6) is 0. The normalized spacial score (nSPS) is 14.3. The van der Waals surface area contributed by atoms with Gasteiger partial charge in [-0.05, 0) is 18.2 Å². The van der Waals surface area contributed by atoms with Crippen LogP contribution in [0.25, 0.3) is 16.9 Å². The van der Waals surface area contributed by atoms with E-state index >= 15 is 0 Å². The fourth-order valence-corrected chi connectivity index (χ4v) is 3.00. The molecule has 1 aliphatic rings. The number of benzene rings is 1. The smallest absolute Gasteiger partial charge is 0.263 e. The molecule has 0 amide bonds. The number of aromatic amines is 1. The van der Waals surface area contributed by atoms with Gasteiger partial charge in [0.15, 0.2) is 5.65 Å². The fraction of sp³-hybridized carbons (Fsp3) is 0.333. The minimum atomic E-state index is -0.168. The molecule has 0 radical (unpaired) electrons. The number of aromatic nitrogens is 3. The Bertz CT molecular complexity index is 822. The Kier molecular flexibility index (Phi) is 5.13. The molecule has 0 saturated heterocycles. The second-order valence-electron chi connectivity index (χ2n) is 5.78. The van der Waals surface area contributed by atoms with E-state index in [4.69, 9.17) is 11.6 Å². The molecule has 1 aliphatic carbocycles. The van der Waals surface area contributed by atoms with Gasteiger partial charge in [0.25, 0.3) is 5.56 Å². The van der Waals surface area contributed by atoms with Crippen molar-refractivity contribution in [2.45, 2.75) is 38.5 Å². The Morgan fingerprint density at radius 3 is 2.35 bits per heavy atom. The van der Waals surface area contributed by atoms with Crippen molar-refractivity contribution in [3.8, 4) is 11.3 Å². The monoisotopic (exact) mass is 329 g/mol. The van der Waals surface area contributed by atoms with Crippen LogP contribution in [0, 0.1) is 0 Å². The number of halogens is 1.